The molecular weight excluding hydrogens is 168 g/mol. The van der Waals surface area contributed by atoms with Crippen molar-refractivity contribution in [2.45, 2.75) is 19.3 Å². The first-order valence-corrected chi connectivity index (χ1v) is 4.33. The summed E-state index contributed by atoms with van der Waals surface area (Å²) in [5, 5.41) is 0. The van der Waals surface area contributed by atoms with Crippen LogP contribution in [0.3, 0.4) is 0 Å². The second kappa shape index (κ2) is 3.12. The van der Waals surface area contributed by atoms with E-state index < -0.39 is 0 Å². The molecule has 1 aromatic rings. The normalized spacial score (nSPS) is 15.7. The van der Waals surface area contributed by atoms with Gasteiger partial charge in [-0.1, -0.05) is 0 Å². The van der Waals surface area contributed by atoms with Crippen molar-refractivity contribution in [1.82, 2.24) is 9.97 Å². The minimum atomic E-state index is -0.243. The first-order chi connectivity index (χ1) is 6.28. The summed E-state index contributed by atoms with van der Waals surface area (Å²) in [6, 6.07) is 1.21. The number of nitrogens with one attached hydrogen (secondary N) is 1. The number of H-pyrrole nitrogens is 1. The maximum absolute atomic E-state index is 11.0. The lowest BCUT2D eigenvalue weighted by Crippen LogP contribution is -2.12. The van der Waals surface area contributed by atoms with Gasteiger partial charge in [0.1, 0.15) is 11.5 Å². The fourth-order valence-corrected chi connectivity index (χ4v) is 1.28. The number of carbonyl (C=O) groups is 1. The van der Waals surface area contributed by atoms with Gasteiger partial charge in [0.15, 0.2) is 6.29 Å². The van der Waals surface area contributed by atoms with Crippen LogP contribution in [0.2, 0.25) is 0 Å². The lowest BCUT2D eigenvalue weighted by Gasteiger charge is -1.97. The average Bonchev–Trinajstić information content (AvgIpc) is 2.87. The molecule has 0 radical (unpaired) electrons. The number of nitrogens with zero attached hydrogens (tertiary/aromatic N) is 1. The molecule has 68 valence electrons. The molecule has 1 aliphatic carbocycles. The summed E-state index contributed by atoms with van der Waals surface area (Å²) in [6.07, 6.45) is 3.80. The summed E-state index contributed by atoms with van der Waals surface area (Å²) in [7, 11) is 0. The van der Waals surface area contributed by atoms with Crippen LogP contribution in [-0.4, -0.2) is 16.3 Å². The highest BCUT2D eigenvalue weighted by molar-refractivity contribution is 5.71. The second-order valence-corrected chi connectivity index (χ2v) is 3.38. The van der Waals surface area contributed by atoms with Gasteiger partial charge in [0.2, 0.25) is 0 Å². The molecule has 0 bridgehead atoms. The molecule has 1 saturated carbocycles. The maximum Gasteiger partial charge on any atom is 0.251 e. The minimum Gasteiger partial charge on any atom is -0.311 e. The Morgan fingerprint density at radius 2 is 2.38 bits per heavy atom. The number of rotatable bonds is 3. The van der Waals surface area contributed by atoms with Crippen LogP contribution in [-0.2, 0) is 6.42 Å². The molecule has 1 aliphatic rings. The SMILES string of the molecule is O=Cc1cc(=O)[nH]c(CC2CC2)n1. The van der Waals surface area contributed by atoms with Crippen LogP contribution in [0.4, 0.5) is 0 Å². The van der Waals surface area contributed by atoms with E-state index in [9.17, 15) is 9.59 Å². The molecule has 0 saturated heterocycles. The molecule has 0 aliphatic heterocycles. The standard InChI is InChI=1S/C9H10N2O2/c12-5-7-4-9(13)11-8(10-7)3-6-1-2-6/h4-6H,1-3H2,(H,10,11,13). The topological polar surface area (TPSA) is 62.8 Å². The quantitative estimate of drug-likeness (QED) is 0.687. The van der Waals surface area contributed by atoms with Gasteiger partial charge in [0.25, 0.3) is 5.56 Å². The van der Waals surface area contributed by atoms with Gasteiger partial charge < -0.3 is 4.98 Å². The zero-order valence-corrected chi connectivity index (χ0v) is 7.12. The molecule has 0 spiro atoms. The van der Waals surface area contributed by atoms with Gasteiger partial charge in [-0.05, 0) is 18.8 Å². The van der Waals surface area contributed by atoms with Crippen molar-refractivity contribution in [2.75, 3.05) is 0 Å². The summed E-state index contributed by atoms with van der Waals surface area (Å²) in [4.78, 5) is 28.1. The van der Waals surface area contributed by atoms with Crippen molar-refractivity contribution >= 4 is 6.29 Å². The van der Waals surface area contributed by atoms with Crippen LogP contribution in [0.5, 0.6) is 0 Å². The average molecular weight is 178 g/mol. The lowest BCUT2D eigenvalue weighted by atomic mass is 10.3. The summed E-state index contributed by atoms with van der Waals surface area (Å²) in [6.45, 7) is 0. The van der Waals surface area contributed by atoms with Crippen molar-refractivity contribution in [2.24, 2.45) is 5.92 Å². The predicted octanol–water partition coefficient (Wildman–Crippen LogP) is 0.535. The van der Waals surface area contributed by atoms with E-state index in [2.05, 4.69) is 9.97 Å². The molecule has 1 aromatic heterocycles. The van der Waals surface area contributed by atoms with E-state index in [1.54, 1.807) is 0 Å². The van der Waals surface area contributed by atoms with Gasteiger partial charge in [0.05, 0.1) is 0 Å². The van der Waals surface area contributed by atoms with E-state index in [0.717, 1.165) is 6.42 Å². The number of hydrogen-bond donors (Lipinski definition) is 1. The predicted molar refractivity (Wildman–Crippen MR) is 46.7 cm³/mol. The molecule has 4 heteroatoms. The third-order valence-corrected chi connectivity index (χ3v) is 2.11. The Labute approximate surface area is 75.0 Å². The molecule has 13 heavy (non-hydrogen) atoms. The monoisotopic (exact) mass is 178 g/mol. The van der Waals surface area contributed by atoms with Gasteiger partial charge in [-0.3, -0.25) is 9.59 Å². The van der Waals surface area contributed by atoms with Crippen LogP contribution in [0.1, 0.15) is 29.2 Å². The molecule has 1 N–H and O–H groups in total. The van der Waals surface area contributed by atoms with Crippen LogP contribution in [0.25, 0.3) is 0 Å². The van der Waals surface area contributed by atoms with E-state index in [4.69, 9.17) is 0 Å². The summed E-state index contributed by atoms with van der Waals surface area (Å²) in [5.74, 6) is 1.29. The van der Waals surface area contributed by atoms with Gasteiger partial charge >= 0.3 is 0 Å². The Hall–Kier alpha value is -1.45. The minimum absolute atomic E-state index is 0.222. The molecule has 4 nitrogen and oxygen atoms in total. The third-order valence-electron chi connectivity index (χ3n) is 2.11. The van der Waals surface area contributed by atoms with Crippen molar-refractivity contribution in [3.05, 3.63) is 27.9 Å². The largest absolute Gasteiger partial charge is 0.311 e. The highest BCUT2D eigenvalue weighted by Gasteiger charge is 2.22. The fourth-order valence-electron chi connectivity index (χ4n) is 1.28. The maximum atomic E-state index is 11.0. The Kier molecular flexibility index (Phi) is 1.96. The number of aromatic amines is 1. The molecule has 0 aromatic carbocycles. The number of hydrogen-bond acceptors (Lipinski definition) is 3. The Morgan fingerprint density at radius 1 is 1.62 bits per heavy atom. The third kappa shape index (κ3) is 2.02. The Bertz CT molecular complexity index is 379. The number of carbonyl (C=O) groups excluding carboxylic acids is 1. The number of aromatic nitrogens is 2. The van der Waals surface area contributed by atoms with E-state index in [1.165, 1.54) is 18.9 Å². The van der Waals surface area contributed by atoms with E-state index in [0.29, 0.717) is 18.0 Å². The molecule has 0 amide bonds. The highest BCUT2D eigenvalue weighted by atomic mass is 16.1. The molecule has 0 unspecified atom stereocenters. The van der Waals surface area contributed by atoms with E-state index >= 15 is 0 Å². The summed E-state index contributed by atoms with van der Waals surface area (Å²) in [5.41, 5.74) is -0.0212. The van der Waals surface area contributed by atoms with E-state index in [1.807, 2.05) is 0 Å². The van der Waals surface area contributed by atoms with Crippen molar-refractivity contribution in [3.63, 3.8) is 0 Å². The van der Waals surface area contributed by atoms with Crippen molar-refractivity contribution < 1.29 is 4.79 Å². The molecule has 1 heterocycles. The van der Waals surface area contributed by atoms with Gasteiger partial charge in [-0.2, -0.15) is 0 Å². The lowest BCUT2D eigenvalue weighted by molar-refractivity contribution is 0.111. The molecule has 1 fully saturated rings. The second-order valence-electron chi connectivity index (χ2n) is 3.38. The van der Waals surface area contributed by atoms with Gasteiger partial charge in [-0.15, -0.1) is 0 Å². The first-order valence-electron chi connectivity index (χ1n) is 4.33. The number of aldehydes is 1. The van der Waals surface area contributed by atoms with Crippen molar-refractivity contribution in [3.8, 4) is 0 Å². The van der Waals surface area contributed by atoms with Crippen molar-refractivity contribution in [1.29, 1.82) is 0 Å². The summed E-state index contributed by atoms with van der Waals surface area (Å²) >= 11 is 0. The highest BCUT2D eigenvalue weighted by Crippen LogP contribution is 2.31. The fraction of sp³-hybridized carbons (Fsp3) is 0.444. The zero-order chi connectivity index (χ0) is 9.26. The van der Waals surface area contributed by atoms with Crippen LogP contribution in [0, 0.1) is 5.92 Å². The zero-order valence-electron chi connectivity index (χ0n) is 7.12. The smallest absolute Gasteiger partial charge is 0.251 e. The van der Waals surface area contributed by atoms with Gasteiger partial charge in [-0.25, -0.2) is 4.98 Å². The van der Waals surface area contributed by atoms with Crippen LogP contribution < -0.4 is 5.56 Å². The van der Waals surface area contributed by atoms with Gasteiger partial charge in [0, 0.05) is 12.5 Å². The first kappa shape index (κ1) is 8.16. The molecule has 2 rings (SSSR count). The van der Waals surface area contributed by atoms with Crippen LogP contribution >= 0.6 is 0 Å². The molecular formula is C9H10N2O2. The van der Waals surface area contributed by atoms with Crippen LogP contribution in [0.15, 0.2) is 10.9 Å². The Balaban J connectivity index is 2.27. The summed E-state index contributed by atoms with van der Waals surface area (Å²) < 4.78 is 0. The van der Waals surface area contributed by atoms with E-state index in [-0.39, 0.29) is 11.3 Å². The molecule has 0 atom stereocenters. The Morgan fingerprint density at radius 3 is 3.00 bits per heavy atom.